The Morgan fingerprint density at radius 1 is 0.341 bits per heavy atom. The average Bonchev–Trinajstić information content (AvgIpc) is 2.53. The largest absolute Gasteiger partial charge is 0.494 e. The van der Waals surface area contributed by atoms with Gasteiger partial charge in [-0.15, -0.1) is 0 Å². The van der Waals surface area contributed by atoms with Gasteiger partial charge in [-0.3, -0.25) is 0 Å². The molecule has 6 aromatic rings. The third-order valence-electron chi connectivity index (χ3n) is 17.5. The number of benzene rings is 6. The van der Waals surface area contributed by atoms with Crippen molar-refractivity contribution in [2.24, 2.45) is 0 Å². The van der Waals surface area contributed by atoms with Gasteiger partial charge in [0.15, 0.2) is 0 Å². The average molecular weight is 1220 g/mol. The monoisotopic (exact) mass is 1220 g/mol. The lowest BCUT2D eigenvalue weighted by atomic mass is 9.78. The molecule has 1 saturated heterocycles. The third kappa shape index (κ3) is 29.2. The molecule has 0 aromatic heterocycles. The molecule has 1 aliphatic heterocycles. The first-order valence-corrected chi connectivity index (χ1v) is 35.3. The fourth-order valence-corrected chi connectivity index (χ4v) is 11.6. The molecule has 0 amide bonds. The molecule has 470 valence electrons. The molecule has 0 spiro atoms. The second-order valence-electron chi connectivity index (χ2n) is 25.5. The number of hydrogen-bond donors (Lipinski definition) is 0. The molecule has 85 heavy (non-hydrogen) atoms. The van der Waals surface area contributed by atoms with Crippen molar-refractivity contribution in [2.75, 3.05) is 13.2 Å². The van der Waals surface area contributed by atoms with Crippen molar-refractivity contribution in [2.45, 2.75) is 292 Å². The van der Waals surface area contributed by atoms with E-state index in [1.54, 1.807) is 0 Å². The lowest BCUT2D eigenvalue weighted by Gasteiger charge is -2.32. The molecular weight excluding hydrogens is 1100 g/mol. The molecule has 6 aromatic carbocycles. The molecule has 0 bridgehead atoms. The van der Waals surface area contributed by atoms with Gasteiger partial charge < -0.3 is 18.8 Å². The normalized spacial score (nSPS) is 13.3. The summed E-state index contributed by atoms with van der Waals surface area (Å²) < 4.78 is 25.3. The molecule has 0 aliphatic carbocycles. The van der Waals surface area contributed by atoms with Crippen LogP contribution in [0.5, 0.6) is 11.5 Å². The number of hydrogen-bond acceptors (Lipinski definition) is 4. The molecule has 0 atom stereocenters. The fraction of sp³-hybridized carbons (Fsp3) is 0.595. The quantitative estimate of drug-likeness (QED) is 0.0284. The van der Waals surface area contributed by atoms with Gasteiger partial charge in [0.05, 0.1) is 24.4 Å². The van der Waals surface area contributed by atoms with E-state index >= 15 is 0 Å². The minimum absolute atomic E-state index is 0. The van der Waals surface area contributed by atoms with Gasteiger partial charge in [-0.1, -0.05) is 310 Å². The van der Waals surface area contributed by atoms with Crippen molar-refractivity contribution in [3.8, 4) is 22.6 Å². The summed E-state index contributed by atoms with van der Waals surface area (Å²) in [5.74, 6) is 1.98. The standard InChI is InChI=1S/C36H52O.C22H31BrO.C20H33BO2.CH4/c1-3-5-7-9-11-12-13-14-16-18-28-37-36-27-26-34-29-33(24-25-35(34)30-36)32-22-20-31(21-23-32)19-17-15-10-8-6-4-2;1-2-3-4-5-6-7-8-9-10-11-16-24-22-15-13-19-17-21(23)14-12-20(19)18-22;1-6-7-8-9-10-11-12-17-13-15-18(16-14-17)21-22-19(2,3)20(4,5)23-21;/h20-27,29-30H,3-19,28H2,1-2H3;12-15,17-18H,2-11,16H2,1H3;13-16H,6-12H2,1-5H3;1H4. The summed E-state index contributed by atoms with van der Waals surface area (Å²) in [7, 11) is -0.247. The van der Waals surface area contributed by atoms with E-state index in [0.717, 1.165) is 47.5 Å². The van der Waals surface area contributed by atoms with E-state index in [1.807, 2.05) is 0 Å². The molecule has 7 rings (SSSR count). The highest BCUT2D eigenvalue weighted by atomic mass is 79.9. The van der Waals surface area contributed by atoms with Crippen LogP contribution in [0.2, 0.25) is 0 Å². The van der Waals surface area contributed by atoms with Gasteiger partial charge in [0.1, 0.15) is 11.5 Å². The maximum atomic E-state index is 6.10. The summed E-state index contributed by atoms with van der Waals surface area (Å²) in [4.78, 5) is 0. The van der Waals surface area contributed by atoms with Crippen LogP contribution in [0.25, 0.3) is 32.7 Å². The second-order valence-corrected chi connectivity index (χ2v) is 26.4. The Hall–Kier alpha value is -4.10. The molecule has 0 saturated carbocycles. The van der Waals surface area contributed by atoms with E-state index in [4.69, 9.17) is 18.8 Å². The maximum absolute atomic E-state index is 6.10. The van der Waals surface area contributed by atoms with E-state index in [1.165, 1.54) is 249 Å². The first-order chi connectivity index (χ1) is 40.9. The molecule has 1 fully saturated rings. The zero-order chi connectivity index (χ0) is 59.9. The summed E-state index contributed by atoms with van der Waals surface area (Å²) in [5, 5.41) is 5.01. The molecular formula is C79H120BBrO4. The Bertz CT molecular complexity index is 2610. The fourth-order valence-electron chi connectivity index (χ4n) is 11.2. The van der Waals surface area contributed by atoms with Gasteiger partial charge in [-0.2, -0.15) is 0 Å². The van der Waals surface area contributed by atoms with Crippen LogP contribution in [0.15, 0.2) is 126 Å². The van der Waals surface area contributed by atoms with E-state index in [2.05, 4.69) is 193 Å². The van der Waals surface area contributed by atoms with Crippen LogP contribution in [0.1, 0.15) is 279 Å². The SMILES string of the molecule is C.CCCCCCCCCCCCOc1ccc2cc(-c3ccc(CCCCCCCC)cc3)ccc2c1.CCCCCCCCCCCCOc1ccc2cc(Br)ccc2c1.CCCCCCCCc1ccc(B2OC(C)(C)C(C)(C)O2)cc1. The van der Waals surface area contributed by atoms with Crippen LogP contribution in [0, 0.1) is 0 Å². The number of fused-ring (bicyclic) bond motifs is 2. The van der Waals surface area contributed by atoms with E-state index in [-0.39, 0.29) is 25.7 Å². The van der Waals surface area contributed by atoms with Gasteiger partial charge in [0, 0.05) is 4.47 Å². The molecule has 1 aliphatic rings. The highest BCUT2D eigenvalue weighted by Gasteiger charge is 2.51. The van der Waals surface area contributed by atoms with Crippen LogP contribution in [-0.4, -0.2) is 31.5 Å². The number of rotatable bonds is 40. The first kappa shape index (κ1) is 73.4. The zero-order valence-corrected chi connectivity index (χ0v) is 56.2. The highest BCUT2D eigenvalue weighted by Crippen LogP contribution is 2.37. The third-order valence-corrected chi connectivity index (χ3v) is 18.0. The molecule has 1 heterocycles. The topological polar surface area (TPSA) is 36.9 Å². The first-order valence-electron chi connectivity index (χ1n) is 34.5. The van der Waals surface area contributed by atoms with E-state index in [9.17, 15) is 0 Å². The van der Waals surface area contributed by atoms with Crippen LogP contribution >= 0.6 is 15.9 Å². The number of halogens is 1. The van der Waals surface area contributed by atoms with Gasteiger partial charge >= 0.3 is 7.12 Å². The van der Waals surface area contributed by atoms with Crippen molar-refractivity contribution in [1.29, 1.82) is 0 Å². The summed E-state index contributed by atoms with van der Waals surface area (Å²) in [6.07, 6.45) is 45.8. The molecule has 0 radical (unpaired) electrons. The summed E-state index contributed by atoms with van der Waals surface area (Å²) in [5.41, 5.74) is 6.05. The number of aryl methyl sites for hydroxylation is 2. The van der Waals surface area contributed by atoms with Crippen LogP contribution in [0.4, 0.5) is 0 Å². The number of unbranched alkanes of at least 4 members (excludes halogenated alkanes) is 28. The van der Waals surface area contributed by atoms with Gasteiger partial charge in [0.25, 0.3) is 0 Å². The lowest BCUT2D eigenvalue weighted by Crippen LogP contribution is -2.41. The van der Waals surface area contributed by atoms with Crippen molar-refractivity contribution in [3.05, 3.63) is 137 Å². The van der Waals surface area contributed by atoms with Crippen molar-refractivity contribution < 1.29 is 18.8 Å². The predicted octanol–water partition coefficient (Wildman–Crippen LogP) is 25.1. The lowest BCUT2D eigenvalue weighted by molar-refractivity contribution is 0.00578. The van der Waals surface area contributed by atoms with Gasteiger partial charge in [-0.25, -0.2) is 0 Å². The van der Waals surface area contributed by atoms with Crippen molar-refractivity contribution >= 4 is 50.1 Å². The molecule has 6 heteroatoms. The maximum Gasteiger partial charge on any atom is 0.494 e. The minimum Gasteiger partial charge on any atom is -0.494 e. The Morgan fingerprint density at radius 2 is 0.659 bits per heavy atom. The Morgan fingerprint density at radius 3 is 1.07 bits per heavy atom. The minimum atomic E-state index is -0.269. The van der Waals surface area contributed by atoms with Gasteiger partial charge in [-0.05, 0) is 158 Å². The Kier molecular flexibility index (Phi) is 37.6. The van der Waals surface area contributed by atoms with Crippen LogP contribution in [-0.2, 0) is 22.2 Å². The number of ether oxygens (including phenoxy) is 2. The van der Waals surface area contributed by atoms with E-state index in [0.29, 0.717) is 0 Å². The van der Waals surface area contributed by atoms with E-state index < -0.39 is 0 Å². The molecule has 4 nitrogen and oxygen atoms in total. The molecule has 0 N–H and O–H groups in total. The summed E-state index contributed by atoms with van der Waals surface area (Å²) in [6.45, 7) is 19.2. The Labute approximate surface area is 530 Å². The second kappa shape index (κ2) is 43.5. The summed E-state index contributed by atoms with van der Waals surface area (Å²) in [6, 6.07) is 44.0. The zero-order valence-electron chi connectivity index (χ0n) is 54.6. The summed E-state index contributed by atoms with van der Waals surface area (Å²) >= 11 is 3.51. The van der Waals surface area contributed by atoms with Crippen molar-refractivity contribution in [1.82, 2.24) is 0 Å². The highest BCUT2D eigenvalue weighted by molar-refractivity contribution is 9.10. The molecule has 0 unspecified atom stereocenters. The van der Waals surface area contributed by atoms with Crippen LogP contribution < -0.4 is 14.9 Å². The smallest absolute Gasteiger partial charge is 0.494 e. The predicted molar refractivity (Wildman–Crippen MR) is 379 cm³/mol. The van der Waals surface area contributed by atoms with Crippen LogP contribution in [0.3, 0.4) is 0 Å². The van der Waals surface area contributed by atoms with Crippen molar-refractivity contribution in [3.63, 3.8) is 0 Å². The Balaban J connectivity index is 0.000000283. The van der Waals surface area contributed by atoms with Gasteiger partial charge in [0.2, 0.25) is 0 Å².